The van der Waals surface area contributed by atoms with Gasteiger partial charge in [0.1, 0.15) is 0 Å². The normalized spacial score (nSPS) is 12.3. The van der Waals surface area contributed by atoms with Gasteiger partial charge in [-0.05, 0) is 43.9 Å². The molecule has 0 amide bonds. The minimum Gasteiger partial charge on any atom is -0.164 e. The van der Waals surface area contributed by atoms with E-state index in [9.17, 15) is 14.7 Å². The van der Waals surface area contributed by atoms with Crippen LogP contribution in [0.25, 0.3) is 0 Å². The summed E-state index contributed by atoms with van der Waals surface area (Å²) in [4.78, 5) is 28.6. The number of nitrogens with zero attached hydrogens (tertiary/aromatic N) is 6. The van der Waals surface area contributed by atoms with Gasteiger partial charge in [-0.25, -0.2) is 0 Å². The van der Waals surface area contributed by atoms with Crippen molar-refractivity contribution in [2.24, 2.45) is 31.2 Å². The first-order chi connectivity index (χ1) is 22.2. The fourth-order valence-electron chi connectivity index (χ4n) is 2.60. The zero-order valence-electron chi connectivity index (χ0n) is 26.9. The van der Waals surface area contributed by atoms with Crippen LogP contribution in [-0.2, 0) is 0 Å². The van der Waals surface area contributed by atoms with E-state index in [1.54, 1.807) is 24.3 Å². The van der Waals surface area contributed by atoms with E-state index < -0.39 is 0 Å². The molecule has 45 heavy (non-hydrogen) atoms. The Morgan fingerprint density at radius 3 is 1.16 bits per heavy atom. The molecule has 0 heterocycles. The molecule has 12 nitrogen and oxygen atoms in total. The van der Waals surface area contributed by atoms with Crippen molar-refractivity contribution in [3.63, 3.8) is 0 Å². The molecule has 0 radical (unpaired) electrons. The zero-order chi connectivity index (χ0) is 33.6. The summed E-state index contributed by atoms with van der Waals surface area (Å²) in [5, 5.41) is 17.4. The standard InChI is InChI=1S/C11H19N3O.C11H17N3O.C11H15N3O/c3*1-2-3-4-5-6-7-8-9-10-11-12-13-14-15/h7-11H,2-6H2,1H3,(H,13,15);5-11H,2-4H2,1H3,(H,13,15);3-11H,2H2,1H3,(H,13,15)/b8-7+,10-9+,12-11+;6-5+,8-7+,10-9+,12-11+;4-3+,6-5+,8-7+,10-9+,12-11+. The van der Waals surface area contributed by atoms with E-state index in [1.165, 1.54) is 57.2 Å². The highest BCUT2D eigenvalue weighted by Crippen LogP contribution is 2.02. The first-order valence-corrected chi connectivity index (χ1v) is 15.0. The molecule has 0 atom stereocenters. The van der Waals surface area contributed by atoms with Gasteiger partial charge in [0.05, 0.1) is 15.9 Å². The van der Waals surface area contributed by atoms with Gasteiger partial charge in [0.15, 0.2) is 0 Å². The van der Waals surface area contributed by atoms with Crippen LogP contribution < -0.4 is 16.6 Å². The fourth-order valence-corrected chi connectivity index (χ4v) is 2.60. The van der Waals surface area contributed by atoms with E-state index >= 15 is 0 Å². The van der Waals surface area contributed by atoms with Crippen LogP contribution in [0.15, 0.2) is 141 Å². The van der Waals surface area contributed by atoms with Crippen molar-refractivity contribution in [3.8, 4) is 0 Å². The molecule has 0 spiro atoms. The second kappa shape index (κ2) is 48.6. The molecule has 12 heteroatoms. The van der Waals surface area contributed by atoms with Gasteiger partial charge in [-0.3, -0.25) is 0 Å². The maximum absolute atomic E-state index is 9.55. The molecule has 0 saturated carbocycles. The minimum atomic E-state index is 1.04. The van der Waals surface area contributed by atoms with Gasteiger partial charge >= 0.3 is 0 Å². The van der Waals surface area contributed by atoms with Crippen LogP contribution in [0.5, 0.6) is 0 Å². The minimum absolute atomic E-state index is 1.04. The zero-order valence-corrected chi connectivity index (χ0v) is 26.9. The summed E-state index contributed by atoms with van der Waals surface area (Å²) in [6, 6.07) is 0. The molecule has 0 aromatic heterocycles. The third kappa shape index (κ3) is 55.4. The van der Waals surface area contributed by atoms with Crippen molar-refractivity contribution in [3.05, 3.63) is 124 Å². The molecular formula is C33H51N9O3. The summed E-state index contributed by atoms with van der Waals surface area (Å²) in [5.74, 6) is 0. The third-order valence-electron chi connectivity index (χ3n) is 4.70. The average Bonchev–Trinajstić information content (AvgIpc) is 3.06. The average molecular weight is 622 g/mol. The van der Waals surface area contributed by atoms with Crippen molar-refractivity contribution in [2.75, 3.05) is 0 Å². The van der Waals surface area contributed by atoms with Crippen LogP contribution in [0.3, 0.4) is 0 Å². The number of nitrogens with one attached hydrogen (secondary N) is 3. The molecule has 0 saturated heterocycles. The SMILES string of the molecule is CC/C=C/C=C/C=C/C=C/C=N/NN=O.CCCC/C=C/C=C/C=C/C=N/NN=O.CCCCCC/C=C/C=C/C=N/NN=O. The third-order valence-corrected chi connectivity index (χ3v) is 4.70. The summed E-state index contributed by atoms with van der Waals surface area (Å²) in [5.41, 5.74) is 5.77. The number of hydrazone groups is 3. The molecule has 0 aromatic carbocycles. The second-order valence-corrected chi connectivity index (χ2v) is 8.40. The lowest BCUT2D eigenvalue weighted by molar-refractivity contribution is 0.674. The highest BCUT2D eigenvalue weighted by molar-refractivity contribution is 5.71. The molecule has 0 fully saturated rings. The maximum Gasteiger partial charge on any atom is 0.0722 e. The molecule has 0 aromatic rings. The van der Waals surface area contributed by atoms with Crippen LogP contribution in [0.2, 0.25) is 0 Å². The van der Waals surface area contributed by atoms with Gasteiger partial charge in [-0.15, -0.1) is 14.7 Å². The molecule has 0 aliphatic heterocycles. The predicted octanol–water partition coefficient (Wildman–Crippen LogP) is 9.31. The summed E-state index contributed by atoms with van der Waals surface area (Å²) in [7, 11) is 0. The topological polar surface area (TPSA) is 161 Å². The molecular weight excluding hydrogens is 570 g/mol. The molecule has 0 rings (SSSR count). The fraction of sp³-hybridized carbons (Fsp3) is 0.364. The Hall–Kier alpha value is -5.13. The Kier molecular flexibility index (Phi) is 47.9. The monoisotopic (exact) mass is 621 g/mol. The van der Waals surface area contributed by atoms with Gasteiger partial charge in [-0.1, -0.05) is 144 Å². The molecule has 0 bridgehead atoms. The Balaban J connectivity index is -0.000000588. The van der Waals surface area contributed by atoms with Crippen LogP contribution in [0, 0.1) is 14.7 Å². The van der Waals surface area contributed by atoms with Gasteiger partial charge in [-0.2, -0.15) is 31.9 Å². The largest absolute Gasteiger partial charge is 0.164 e. The lowest BCUT2D eigenvalue weighted by atomic mass is 10.1. The number of rotatable bonds is 24. The van der Waals surface area contributed by atoms with Gasteiger partial charge in [0, 0.05) is 18.6 Å². The van der Waals surface area contributed by atoms with Crippen LogP contribution in [0.1, 0.15) is 78.6 Å². The van der Waals surface area contributed by atoms with Crippen molar-refractivity contribution in [2.45, 2.75) is 78.6 Å². The smallest absolute Gasteiger partial charge is 0.0722 e. The van der Waals surface area contributed by atoms with E-state index in [-0.39, 0.29) is 0 Å². The Labute approximate surface area is 268 Å². The van der Waals surface area contributed by atoms with Crippen molar-refractivity contribution >= 4 is 18.6 Å². The van der Waals surface area contributed by atoms with Crippen LogP contribution in [0.4, 0.5) is 0 Å². The highest BCUT2D eigenvalue weighted by Gasteiger charge is 1.83. The highest BCUT2D eigenvalue weighted by atomic mass is 16.3. The Bertz CT molecular complexity index is 1020. The summed E-state index contributed by atoms with van der Waals surface area (Å²) >= 11 is 0. The van der Waals surface area contributed by atoms with E-state index in [0.717, 1.165) is 19.3 Å². The van der Waals surface area contributed by atoms with Gasteiger partial charge in [0.2, 0.25) is 0 Å². The second-order valence-electron chi connectivity index (χ2n) is 8.40. The Morgan fingerprint density at radius 1 is 0.400 bits per heavy atom. The van der Waals surface area contributed by atoms with E-state index in [4.69, 9.17) is 0 Å². The Morgan fingerprint density at radius 2 is 0.756 bits per heavy atom. The van der Waals surface area contributed by atoms with Crippen molar-refractivity contribution in [1.29, 1.82) is 0 Å². The van der Waals surface area contributed by atoms with Gasteiger partial charge < -0.3 is 0 Å². The molecule has 246 valence electrons. The lowest BCUT2D eigenvalue weighted by Crippen LogP contribution is -1.89. The van der Waals surface area contributed by atoms with E-state index in [0.29, 0.717) is 0 Å². The van der Waals surface area contributed by atoms with E-state index in [2.05, 4.69) is 70.2 Å². The number of hydrogen-bond acceptors (Lipinski definition) is 9. The first kappa shape index (κ1) is 44.3. The number of nitroso groups, excluding NO2 is 3. The summed E-state index contributed by atoms with van der Waals surface area (Å²) in [6.07, 6.45) is 49.7. The first-order valence-electron chi connectivity index (χ1n) is 15.0. The molecule has 3 N–H and O–H groups in total. The summed E-state index contributed by atoms with van der Waals surface area (Å²) < 4.78 is 0. The van der Waals surface area contributed by atoms with E-state index in [1.807, 2.05) is 83.4 Å². The predicted molar refractivity (Wildman–Crippen MR) is 193 cm³/mol. The van der Waals surface area contributed by atoms with Crippen LogP contribution >= 0.6 is 0 Å². The quantitative estimate of drug-likeness (QED) is 0.0320. The molecule has 0 aliphatic carbocycles. The van der Waals surface area contributed by atoms with Crippen molar-refractivity contribution in [1.82, 2.24) is 16.6 Å². The van der Waals surface area contributed by atoms with Crippen molar-refractivity contribution < 1.29 is 0 Å². The maximum atomic E-state index is 9.55. The number of allylic oxidation sites excluding steroid dienone is 18. The van der Waals surface area contributed by atoms with Crippen LogP contribution in [-0.4, -0.2) is 18.6 Å². The number of hydrogen-bond donors (Lipinski definition) is 3. The van der Waals surface area contributed by atoms with Gasteiger partial charge in [0.25, 0.3) is 0 Å². The lowest BCUT2D eigenvalue weighted by Gasteiger charge is -1.92. The molecule has 0 aliphatic rings. The number of unbranched alkanes of at least 4 members (excludes halogenated alkanes) is 6. The summed E-state index contributed by atoms with van der Waals surface area (Å²) in [6.45, 7) is 6.47. The molecule has 0 unspecified atom stereocenters.